The van der Waals surface area contributed by atoms with Crippen LogP contribution in [0.2, 0.25) is 5.02 Å². The van der Waals surface area contributed by atoms with Crippen LogP contribution in [-0.4, -0.2) is 17.1 Å². The van der Waals surface area contributed by atoms with Gasteiger partial charge in [-0.2, -0.15) is 0 Å². The molecule has 0 radical (unpaired) electrons. The normalized spacial score (nSPS) is 11.5. The van der Waals surface area contributed by atoms with Gasteiger partial charge in [0.25, 0.3) is 0 Å². The highest BCUT2D eigenvalue weighted by atomic mass is 35.5. The fraction of sp³-hybridized carbons (Fsp3) is 0.158. The summed E-state index contributed by atoms with van der Waals surface area (Å²) < 4.78 is 1.75. The third kappa shape index (κ3) is 4.38. The predicted octanol–water partition coefficient (Wildman–Crippen LogP) is 4.10. The van der Waals surface area contributed by atoms with Crippen molar-refractivity contribution in [1.29, 1.82) is 0 Å². The number of rotatable bonds is 5. The van der Waals surface area contributed by atoms with Gasteiger partial charge in [0, 0.05) is 22.5 Å². The van der Waals surface area contributed by atoms with Gasteiger partial charge in [0.1, 0.15) is 0 Å². The first kappa shape index (κ1) is 17.5. The third-order valence-corrected chi connectivity index (χ3v) is 4.70. The lowest BCUT2D eigenvalue weighted by molar-refractivity contribution is -0.116. The van der Waals surface area contributed by atoms with E-state index in [1.54, 1.807) is 4.68 Å². The van der Waals surface area contributed by atoms with E-state index in [1.165, 1.54) is 11.3 Å². The maximum absolute atomic E-state index is 12.5. The minimum atomic E-state index is -0.0858. The number of amides is 1. The number of hydrogen-bond donors (Lipinski definition) is 1. The molecule has 0 saturated carbocycles. The zero-order valence-electron chi connectivity index (χ0n) is 13.8. The van der Waals surface area contributed by atoms with E-state index in [-0.39, 0.29) is 5.91 Å². The van der Waals surface area contributed by atoms with E-state index >= 15 is 0 Å². The molecule has 6 heteroatoms. The van der Waals surface area contributed by atoms with Crippen molar-refractivity contribution in [2.24, 2.45) is 4.99 Å². The summed E-state index contributed by atoms with van der Waals surface area (Å²) in [6, 6.07) is 17.2. The van der Waals surface area contributed by atoms with Crippen LogP contribution in [0, 0.1) is 0 Å². The molecule has 2 aromatic carbocycles. The molecule has 0 unspecified atom stereocenters. The van der Waals surface area contributed by atoms with E-state index in [0.717, 1.165) is 21.6 Å². The summed E-state index contributed by atoms with van der Waals surface area (Å²) in [5, 5.41) is 2.66. The summed E-state index contributed by atoms with van der Waals surface area (Å²) in [6.45, 7) is 2.62. The van der Waals surface area contributed by atoms with Gasteiger partial charge < -0.3 is 0 Å². The average Bonchev–Trinajstić information content (AvgIpc) is 2.99. The molecule has 128 valence electrons. The van der Waals surface area contributed by atoms with Crippen LogP contribution in [0.15, 0.2) is 65.0 Å². The fourth-order valence-electron chi connectivity index (χ4n) is 2.43. The average molecular weight is 372 g/mol. The Morgan fingerprint density at radius 3 is 2.56 bits per heavy atom. The molecule has 0 atom stereocenters. The number of carbonyl (C=O) groups is 1. The molecule has 0 aliphatic heterocycles. The Morgan fingerprint density at radius 1 is 1.16 bits per heavy atom. The first-order valence-corrected chi connectivity index (χ1v) is 9.24. The van der Waals surface area contributed by atoms with Gasteiger partial charge in [-0.15, -0.1) is 11.3 Å². The maximum Gasteiger partial charge on any atom is 0.243 e. The maximum atomic E-state index is 12.5. The zero-order valence-corrected chi connectivity index (χ0v) is 15.3. The van der Waals surface area contributed by atoms with Gasteiger partial charge in [0.15, 0.2) is 0 Å². The molecule has 4 nitrogen and oxygen atoms in total. The molecule has 3 rings (SSSR count). The molecule has 0 aliphatic carbocycles. The SMILES string of the molecule is CCN=c1scc(-c2ccc(Cl)cc2)n1NC(=O)Cc1ccccc1. The summed E-state index contributed by atoms with van der Waals surface area (Å²) in [4.78, 5) is 17.7. The molecule has 0 spiro atoms. The van der Waals surface area contributed by atoms with Crippen LogP contribution in [0.1, 0.15) is 12.5 Å². The summed E-state index contributed by atoms with van der Waals surface area (Å²) in [5.41, 5.74) is 5.79. The topological polar surface area (TPSA) is 46.4 Å². The van der Waals surface area contributed by atoms with Crippen molar-refractivity contribution in [3.8, 4) is 11.3 Å². The smallest absolute Gasteiger partial charge is 0.243 e. The zero-order chi connectivity index (χ0) is 17.6. The predicted molar refractivity (Wildman–Crippen MR) is 103 cm³/mol. The second-order valence-electron chi connectivity index (χ2n) is 5.42. The Balaban J connectivity index is 1.91. The Hall–Kier alpha value is -2.37. The molecule has 3 aromatic rings. The molecule has 1 aromatic heterocycles. The molecule has 1 N–H and O–H groups in total. The molecule has 0 bridgehead atoms. The van der Waals surface area contributed by atoms with Gasteiger partial charge in [-0.1, -0.05) is 54.1 Å². The van der Waals surface area contributed by atoms with Crippen molar-refractivity contribution in [3.63, 3.8) is 0 Å². The highest BCUT2D eigenvalue weighted by molar-refractivity contribution is 7.07. The number of nitrogens with zero attached hydrogens (tertiary/aromatic N) is 2. The van der Waals surface area contributed by atoms with Crippen LogP contribution in [0.4, 0.5) is 0 Å². The van der Waals surface area contributed by atoms with E-state index in [1.807, 2.05) is 66.9 Å². The molecule has 1 amide bonds. The second-order valence-corrected chi connectivity index (χ2v) is 6.69. The number of nitrogens with one attached hydrogen (secondary N) is 1. The number of carbonyl (C=O) groups excluding carboxylic acids is 1. The number of aromatic nitrogens is 1. The van der Waals surface area contributed by atoms with Crippen LogP contribution in [-0.2, 0) is 11.2 Å². The quantitative estimate of drug-likeness (QED) is 0.721. The largest absolute Gasteiger partial charge is 0.273 e. The highest BCUT2D eigenvalue weighted by Crippen LogP contribution is 2.21. The van der Waals surface area contributed by atoms with Crippen molar-refractivity contribution in [2.45, 2.75) is 13.3 Å². The Bertz CT molecular complexity index is 914. The first-order valence-electron chi connectivity index (χ1n) is 7.98. The minimum Gasteiger partial charge on any atom is -0.273 e. The third-order valence-electron chi connectivity index (χ3n) is 3.59. The number of hydrogen-bond acceptors (Lipinski definition) is 3. The molecule has 0 saturated heterocycles. The summed E-state index contributed by atoms with van der Waals surface area (Å²) in [5.74, 6) is -0.0858. The Labute approximate surface area is 155 Å². The first-order chi connectivity index (χ1) is 12.2. The summed E-state index contributed by atoms with van der Waals surface area (Å²) in [7, 11) is 0. The molecular weight excluding hydrogens is 354 g/mol. The van der Waals surface area contributed by atoms with Crippen molar-refractivity contribution < 1.29 is 4.79 Å². The molecule has 25 heavy (non-hydrogen) atoms. The van der Waals surface area contributed by atoms with Crippen molar-refractivity contribution in [2.75, 3.05) is 12.0 Å². The van der Waals surface area contributed by atoms with Crippen LogP contribution >= 0.6 is 22.9 Å². The lowest BCUT2D eigenvalue weighted by Crippen LogP contribution is -2.32. The van der Waals surface area contributed by atoms with Gasteiger partial charge in [-0.05, 0) is 24.6 Å². The standard InChI is InChI=1S/C19H18ClN3OS/c1-2-21-19-23(22-18(24)12-14-6-4-3-5-7-14)17(13-25-19)15-8-10-16(20)11-9-15/h3-11,13H,2,12H2,1H3,(H,22,24). The van der Waals surface area contributed by atoms with Crippen molar-refractivity contribution >= 4 is 28.8 Å². The van der Waals surface area contributed by atoms with Crippen LogP contribution < -0.4 is 10.2 Å². The van der Waals surface area contributed by atoms with E-state index in [0.29, 0.717) is 18.0 Å². The van der Waals surface area contributed by atoms with Crippen molar-refractivity contribution in [3.05, 3.63) is 75.4 Å². The minimum absolute atomic E-state index is 0.0858. The second kappa shape index (κ2) is 8.14. The van der Waals surface area contributed by atoms with Crippen LogP contribution in [0.3, 0.4) is 0 Å². The van der Waals surface area contributed by atoms with Gasteiger partial charge in [-0.3, -0.25) is 15.2 Å². The van der Waals surface area contributed by atoms with Gasteiger partial charge in [0.05, 0.1) is 12.1 Å². The molecule has 0 fully saturated rings. The summed E-state index contributed by atoms with van der Waals surface area (Å²) >= 11 is 7.47. The van der Waals surface area contributed by atoms with E-state index in [9.17, 15) is 4.79 Å². The molecule has 1 heterocycles. The van der Waals surface area contributed by atoms with Crippen LogP contribution in [0.5, 0.6) is 0 Å². The van der Waals surface area contributed by atoms with Crippen molar-refractivity contribution in [1.82, 2.24) is 4.68 Å². The highest BCUT2D eigenvalue weighted by Gasteiger charge is 2.11. The summed E-state index contributed by atoms with van der Waals surface area (Å²) in [6.07, 6.45) is 0.315. The monoisotopic (exact) mass is 371 g/mol. The lowest BCUT2D eigenvalue weighted by Gasteiger charge is -2.11. The van der Waals surface area contributed by atoms with Gasteiger partial charge in [-0.25, -0.2) is 4.68 Å². The Morgan fingerprint density at radius 2 is 1.88 bits per heavy atom. The van der Waals surface area contributed by atoms with E-state index < -0.39 is 0 Å². The number of thiazole rings is 1. The van der Waals surface area contributed by atoms with Gasteiger partial charge >= 0.3 is 0 Å². The van der Waals surface area contributed by atoms with Crippen LogP contribution in [0.25, 0.3) is 11.3 Å². The fourth-order valence-corrected chi connectivity index (χ4v) is 3.47. The van der Waals surface area contributed by atoms with E-state index in [4.69, 9.17) is 11.6 Å². The molecular formula is C19H18ClN3OS. The Kier molecular flexibility index (Phi) is 5.68. The lowest BCUT2D eigenvalue weighted by atomic mass is 10.1. The number of halogens is 1. The molecule has 0 aliphatic rings. The number of benzene rings is 2. The van der Waals surface area contributed by atoms with Gasteiger partial charge in [0.2, 0.25) is 10.7 Å². The van der Waals surface area contributed by atoms with E-state index in [2.05, 4.69) is 10.4 Å².